The summed E-state index contributed by atoms with van der Waals surface area (Å²) in [6, 6.07) is 25.7. The molecule has 0 fully saturated rings. The normalized spacial score (nSPS) is 10.8. The quantitative estimate of drug-likeness (QED) is 0.164. The minimum absolute atomic E-state index is 0.0104. The lowest BCUT2D eigenvalue weighted by atomic mass is 10.1. The van der Waals surface area contributed by atoms with Gasteiger partial charge in [-0.05, 0) is 62.4 Å². The molecule has 2 heterocycles. The second kappa shape index (κ2) is 9.34. The van der Waals surface area contributed by atoms with Crippen LogP contribution in [0.2, 0.25) is 0 Å². The largest absolute Gasteiger partial charge is 0.436 e. The van der Waals surface area contributed by atoms with Gasteiger partial charge >= 0.3 is 0 Å². The number of nitro benzene ring substituents is 1. The first kappa shape index (κ1) is 22.8. The van der Waals surface area contributed by atoms with Crippen molar-refractivity contribution in [2.75, 3.05) is 5.73 Å². The summed E-state index contributed by atoms with van der Waals surface area (Å²) in [7, 11) is 0. The second-order valence-electron chi connectivity index (χ2n) is 8.41. The minimum atomic E-state index is -0.445. The van der Waals surface area contributed by atoms with E-state index in [2.05, 4.69) is 16.9 Å². The third-order valence-electron chi connectivity index (χ3n) is 5.59. The van der Waals surface area contributed by atoms with Crippen molar-refractivity contribution in [2.24, 2.45) is 0 Å². The molecule has 0 unspecified atom stereocenters. The van der Waals surface area contributed by atoms with Gasteiger partial charge in [-0.2, -0.15) is 0 Å². The highest BCUT2D eigenvalue weighted by molar-refractivity contribution is 5.80. The first-order chi connectivity index (χ1) is 17.4. The molecule has 2 aromatic heterocycles. The number of aryl methyl sites for hydroxylation is 2. The highest BCUT2D eigenvalue weighted by Crippen LogP contribution is 2.27. The van der Waals surface area contributed by atoms with Crippen molar-refractivity contribution in [3.8, 4) is 22.9 Å². The zero-order valence-corrected chi connectivity index (χ0v) is 19.6. The lowest BCUT2D eigenvalue weighted by Crippen LogP contribution is -1.86. The molecule has 0 bridgehead atoms. The molecule has 0 amide bonds. The number of fused-ring (bicyclic) bond motifs is 2. The average Bonchev–Trinajstić information content (AvgIpc) is 3.48. The number of benzene rings is 4. The smallest absolute Gasteiger partial charge is 0.271 e. The Hall–Kier alpha value is -4.98. The Bertz CT molecular complexity index is 1680. The van der Waals surface area contributed by atoms with Crippen LogP contribution in [0, 0.1) is 24.0 Å². The minimum Gasteiger partial charge on any atom is -0.436 e. The topological polar surface area (TPSA) is 121 Å². The molecule has 8 heteroatoms. The molecule has 0 spiro atoms. The molecule has 6 rings (SSSR count). The zero-order valence-electron chi connectivity index (χ0n) is 19.6. The summed E-state index contributed by atoms with van der Waals surface area (Å²) in [4.78, 5) is 19.0. The number of anilines is 1. The Morgan fingerprint density at radius 3 is 1.67 bits per heavy atom. The van der Waals surface area contributed by atoms with Gasteiger partial charge in [0.1, 0.15) is 11.0 Å². The molecule has 0 aliphatic carbocycles. The molecule has 2 N–H and O–H groups in total. The zero-order chi connectivity index (χ0) is 25.2. The van der Waals surface area contributed by atoms with Gasteiger partial charge < -0.3 is 14.6 Å². The molecule has 0 atom stereocenters. The summed E-state index contributed by atoms with van der Waals surface area (Å²) >= 11 is 0. The van der Waals surface area contributed by atoms with E-state index in [1.165, 1.54) is 17.7 Å². The van der Waals surface area contributed by atoms with Crippen molar-refractivity contribution in [1.82, 2.24) is 9.97 Å². The van der Waals surface area contributed by atoms with Crippen molar-refractivity contribution in [1.29, 1.82) is 0 Å². The Morgan fingerprint density at radius 1 is 0.694 bits per heavy atom. The Balaban J connectivity index is 0.000000149. The van der Waals surface area contributed by atoms with Crippen LogP contribution in [-0.2, 0) is 0 Å². The van der Waals surface area contributed by atoms with Crippen LogP contribution in [0.3, 0.4) is 0 Å². The summed E-state index contributed by atoms with van der Waals surface area (Å²) in [5, 5.41) is 10.7. The second-order valence-corrected chi connectivity index (χ2v) is 8.41. The van der Waals surface area contributed by atoms with Gasteiger partial charge in [0.2, 0.25) is 11.8 Å². The van der Waals surface area contributed by atoms with E-state index in [1.807, 2.05) is 73.7 Å². The van der Waals surface area contributed by atoms with Gasteiger partial charge in [-0.15, -0.1) is 0 Å². The first-order valence-electron chi connectivity index (χ1n) is 11.2. The van der Waals surface area contributed by atoms with E-state index in [0.29, 0.717) is 28.6 Å². The van der Waals surface area contributed by atoms with E-state index in [1.54, 1.807) is 6.07 Å². The maximum absolute atomic E-state index is 10.7. The van der Waals surface area contributed by atoms with Crippen LogP contribution >= 0.6 is 0 Å². The number of hydrogen-bond acceptors (Lipinski definition) is 7. The highest BCUT2D eigenvalue weighted by Gasteiger charge is 2.12. The first-order valence-corrected chi connectivity index (χ1v) is 11.2. The summed E-state index contributed by atoms with van der Waals surface area (Å²) in [6.07, 6.45) is 0. The number of nitrogens with zero attached hydrogens (tertiary/aromatic N) is 3. The number of hydrogen-bond donors (Lipinski definition) is 1. The van der Waals surface area contributed by atoms with Gasteiger partial charge in [0.15, 0.2) is 11.2 Å². The number of non-ortho nitro benzene ring substituents is 1. The third kappa shape index (κ3) is 4.78. The lowest BCUT2D eigenvalue weighted by molar-refractivity contribution is -0.384. The molecular weight excluding hydrogens is 456 g/mol. The van der Waals surface area contributed by atoms with E-state index in [4.69, 9.17) is 14.6 Å². The molecule has 36 heavy (non-hydrogen) atoms. The van der Waals surface area contributed by atoms with E-state index in [0.717, 1.165) is 27.8 Å². The molecule has 0 aliphatic rings. The predicted molar refractivity (Wildman–Crippen MR) is 139 cm³/mol. The van der Waals surface area contributed by atoms with Crippen LogP contribution < -0.4 is 5.73 Å². The van der Waals surface area contributed by atoms with Crippen molar-refractivity contribution in [3.05, 3.63) is 106 Å². The van der Waals surface area contributed by atoms with Gasteiger partial charge in [0.25, 0.3) is 5.69 Å². The molecule has 4 aromatic carbocycles. The van der Waals surface area contributed by atoms with Gasteiger partial charge in [0.05, 0.1) is 4.92 Å². The highest BCUT2D eigenvalue weighted by atomic mass is 16.6. The van der Waals surface area contributed by atoms with E-state index < -0.39 is 4.92 Å². The number of nitro groups is 1. The fourth-order valence-electron chi connectivity index (χ4n) is 3.61. The summed E-state index contributed by atoms with van der Waals surface area (Å²) in [5.74, 6) is 1.10. The molecule has 178 valence electrons. The predicted octanol–water partition coefficient (Wildman–Crippen LogP) is 7.10. The summed E-state index contributed by atoms with van der Waals surface area (Å²) in [5.41, 5.74) is 13.2. The van der Waals surface area contributed by atoms with E-state index in [-0.39, 0.29) is 5.69 Å². The number of nitrogen functional groups attached to an aromatic ring is 1. The van der Waals surface area contributed by atoms with Gasteiger partial charge in [-0.3, -0.25) is 10.1 Å². The number of aromatic nitrogens is 2. The van der Waals surface area contributed by atoms with Crippen LogP contribution in [0.15, 0.2) is 93.8 Å². The third-order valence-corrected chi connectivity index (χ3v) is 5.59. The Labute approximate surface area is 206 Å². The van der Waals surface area contributed by atoms with Crippen LogP contribution in [-0.4, -0.2) is 14.9 Å². The van der Waals surface area contributed by atoms with Crippen LogP contribution in [0.1, 0.15) is 11.1 Å². The Morgan fingerprint density at radius 2 is 1.17 bits per heavy atom. The molecule has 8 nitrogen and oxygen atoms in total. The van der Waals surface area contributed by atoms with Crippen LogP contribution in [0.4, 0.5) is 11.4 Å². The van der Waals surface area contributed by atoms with Crippen LogP contribution in [0.25, 0.3) is 45.1 Å². The monoisotopic (exact) mass is 478 g/mol. The number of nitrogens with two attached hydrogens (primary N) is 1. The van der Waals surface area contributed by atoms with Crippen molar-refractivity contribution in [3.63, 3.8) is 0 Å². The molecule has 6 aromatic rings. The summed E-state index contributed by atoms with van der Waals surface area (Å²) in [6.45, 7) is 4.05. The maximum Gasteiger partial charge on any atom is 0.271 e. The van der Waals surface area contributed by atoms with E-state index in [9.17, 15) is 10.1 Å². The lowest BCUT2D eigenvalue weighted by Gasteiger charge is -1.95. The van der Waals surface area contributed by atoms with Crippen molar-refractivity contribution < 1.29 is 13.8 Å². The Kier molecular flexibility index (Phi) is 5.92. The van der Waals surface area contributed by atoms with E-state index >= 15 is 0 Å². The molecular formula is C28H22N4O4. The summed E-state index contributed by atoms with van der Waals surface area (Å²) < 4.78 is 11.3. The number of oxazole rings is 2. The fraction of sp³-hybridized carbons (Fsp3) is 0.0714. The standard InChI is InChI=1S/C14H10N2O3.C14H12N2O/c1-9-2-4-10(5-3-9)14-15-12-8-11(16(17)18)6-7-13(12)19-14;1-9-2-4-10(5-3-9)14-16-12-8-11(15)6-7-13(12)17-14/h2-8H,1H3;2-8H,15H2,1H3. The van der Waals surface area contributed by atoms with Crippen molar-refractivity contribution >= 4 is 33.6 Å². The van der Waals surface area contributed by atoms with Gasteiger partial charge in [-0.25, -0.2) is 9.97 Å². The average molecular weight is 479 g/mol. The molecule has 0 aliphatic heterocycles. The number of rotatable bonds is 3. The van der Waals surface area contributed by atoms with Crippen LogP contribution in [0.5, 0.6) is 0 Å². The van der Waals surface area contributed by atoms with Gasteiger partial charge in [0, 0.05) is 28.9 Å². The van der Waals surface area contributed by atoms with Gasteiger partial charge in [-0.1, -0.05) is 35.4 Å². The maximum atomic E-state index is 10.7. The van der Waals surface area contributed by atoms with Crippen molar-refractivity contribution in [2.45, 2.75) is 13.8 Å². The SMILES string of the molecule is Cc1ccc(-c2nc3cc(N)ccc3o2)cc1.Cc1ccc(-c2nc3cc([N+](=O)[O-])ccc3o2)cc1. The molecule has 0 radical (unpaired) electrons. The fourth-order valence-corrected chi connectivity index (χ4v) is 3.61. The molecule has 0 saturated heterocycles. The molecule has 0 saturated carbocycles.